The summed E-state index contributed by atoms with van der Waals surface area (Å²) < 4.78 is 184. The molecule has 1 aliphatic rings. The summed E-state index contributed by atoms with van der Waals surface area (Å²) in [5, 5.41) is 75.6. The number of ether oxygens (including phenoxy) is 2. The van der Waals surface area contributed by atoms with Gasteiger partial charge in [0.05, 0.1) is 39.8 Å². The first-order valence-corrected chi connectivity index (χ1v) is 27.7. The van der Waals surface area contributed by atoms with Crippen molar-refractivity contribution in [1.29, 1.82) is 0 Å². The first kappa shape index (κ1) is 56.6. The fourth-order valence-corrected chi connectivity index (χ4v) is 10.3. The van der Waals surface area contributed by atoms with Gasteiger partial charge in [0.15, 0.2) is 11.5 Å². The average Bonchev–Trinajstić information content (AvgIpc) is 3.74. The Morgan fingerprint density at radius 1 is 0.571 bits per heavy atom. The third-order valence-corrected chi connectivity index (χ3v) is 14.8. The zero-order chi connectivity index (χ0) is 56.7. The van der Waals surface area contributed by atoms with Crippen LogP contribution in [0.1, 0.15) is 0 Å². The van der Waals surface area contributed by atoms with E-state index in [1.54, 1.807) is 0 Å². The number of amides is 1. The lowest BCUT2D eigenvalue weighted by Crippen LogP contribution is -2.33. The molecule has 0 radical (unpaired) electrons. The molecule has 0 aromatic heterocycles. The number of carboxylic acid groups (broad SMARTS) is 1. The van der Waals surface area contributed by atoms with Crippen molar-refractivity contribution in [3.05, 3.63) is 78.9 Å². The number of carbonyl (C=O) groups excluding carboxylic acids is 1. The lowest BCUT2D eigenvalue weighted by atomic mass is 10.1. The summed E-state index contributed by atoms with van der Waals surface area (Å²) in [5.41, 5.74) is -4.51. The lowest BCUT2D eigenvalue weighted by Gasteiger charge is -2.14. The number of phenols is 2. The van der Waals surface area contributed by atoms with E-state index in [4.69, 9.17) is 9.47 Å². The Hall–Kier alpha value is -8.08. The van der Waals surface area contributed by atoms with Gasteiger partial charge in [-0.15, -0.1) is 20.5 Å². The number of rotatable bonds is 19. The fraction of sp³-hybridized carbons (Fsp3) is 0.125. The minimum Gasteiger partial charge on any atom is -0.507 e. The molecule has 0 spiro atoms. The third kappa shape index (κ3) is 12.0. The molecule has 37 heteroatoms. The number of phenolic OH excluding ortho intramolecular Hbond substituents is 2. The normalized spacial score (nSPS) is 14.9. The molecule has 1 atom stereocenters. The molecule has 406 valence electrons. The Bertz CT molecular complexity index is 4190. The number of hydrazone groups is 1. The number of carbonyl (C=O) groups is 2. The molecule has 77 heavy (non-hydrogen) atoms. The van der Waals surface area contributed by atoms with Crippen molar-refractivity contribution in [3.8, 4) is 23.0 Å². The van der Waals surface area contributed by atoms with Gasteiger partial charge in [-0.05, 0) is 60.7 Å². The summed E-state index contributed by atoms with van der Waals surface area (Å²) in [6, 6.07) is 8.24. The molecule has 0 fully saturated rings. The second kappa shape index (κ2) is 21.2. The predicted octanol–water partition coefficient (Wildman–Crippen LogP) is 4.15. The van der Waals surface area contributed by atoms with E-state index >= 15 is 0 Å². The van der Waals surface area contributed by atoms with E-state index in [9.17, 15) is 100.0 Å². The lowest BCUT2D eigenvalue weighted by molar-refractivity contribution is -0.130. The van der Waals surface area contributed by atoms with E-state index in [2.05, 4.69) is 35.8 Å². The molecule has 1 amide bonds. The number of azo groups is 3. The monoisotopic (exact) mass is 1170 g/mol. The van der Waals surface area contributed by atoms with Gasteiger partial charge in [0.2, 0.25) is 6.04 Å². The number of hydrogen-bond donors (Lipinski definition) is 10. The van der Waals surface area contributed by atoms with Crippen molar-refractivity contribution in [2.45, 2.75) is 30.5 Å². The molecule has 0 saturated heterocycles. The highest BCUT2D eigenvalue weighted by atomic mass is 32.2. The maximum Gasteiger partial charge on any atom is 0.355 e. The van der Waals surface area contributed by atoms with Crippen LogP contribution in [0.2, 0.25) is 0 Å². The Labute approximate surface area is 431 Å². The van der Waals surface area contributed by atoms with E-state index in [-0.39, 0.29) is 17.1 Å². The minimum atomic E-state index is -5.62. The topological polar surface area (TPSA) is 515 Å². The molecule has 6 aromatic carbocycles. The average molecular weight is 1170 g/mol. The van der Waals surface area contributed by atoms with Crippen LogP contribution < -0.4 is 14.5 Å². The summed E-state index contributed by atoms with van der Waals surface area (Å²) in [6.07, 6.45) is 0. The summed E-state index contributed by atoms with van der Waals surface area (Å²) in [5.74, 6) is -6.10. The maximum absolute atomic E-state index is 13.4. The van der Waals surface area contributed by atoms with E-state index in [1.807, 2.05) is 0 Å². The maximum atomic E-state index is 13.4. The van der Waals surface area contributed by atoms with Crippen molar-refractivity contribution in [1.82, 2.24) is 0 Å². The first-order valence-electron chi connectivity index (χ1n) is 20.5. The third-order valence-electron chi connectivity index (χ3n) is 10.3. The van der Waals surface area contributed by atoms with Gasteiger partial charge < -0.3 is 35.0 Å². The van der Waals surface area contributed by atoms with E-state index < -0.39 is 187 Å². The highest BCUT2D eigenvalue weighted by Crippen LogP contribution is 2.48. The Morgan fingerprint density at radius 3 is 1.64 bits per heavy atom. The molecular formula is C40H32N8O24S5. The number of anilines is 1. The van der Waals surface area contributed by atoms with Crippen molar-refractivity contribution in [2.75, 3.05) is 31.4 Å². The second-order valence-corrected chi connectivity index (χ2v) is 22.3. The van der Waals surface area contributed by atoms with Crippen LogP contribution in [0.25, 0.3) is 21.5 Å². The Morgan fingerprint density at radius 2 is 1.12 bits per heavy atom. The summed E-state index contributed by atoms with van der Waals surface area (Å²) >= 11 is 0. The molecule has 1 aliphatic heterocycles. The molecule has 1 unspecified atom stereocenters. The summed E-state index contributed by atoms with van der Waals surface area (Å²) in [4.78, 5) is 20.3. The highest BCUT2D eigenvalue weighted by Gasteiger charge is 2.41. The SMILES string of the molecule is O=C(O)C1=NN(c2ccc(S(=O)(=O)O)cc2)C(=O)C1N=Nc1ccc2c(O)c(N=Nc3cc(OCCO)c(N=Nc4ccc(S(=O)(=O)O)c5cc(S(=O)(=O)O)cc(O)c45)cc3OCCO)c(S(=O)(=O)O)cc2c1S(=O)(=O)O. The predicted molar refractivity (Wildman–Crippen MR) is 258 cm³/mol. The molecule has 32 nitrogen and oxygen atoms in total. The van der Waals surface area contributed by atoms with Gasteiger partial charge >= 0.3 is 5.97 Å². The number of fused-ring (bicyclic) bond motifs is 2. The number of nitrogens with zero attached hydrogens (tertiary/aromatic N) is 8. The molecule has 7 rings (SSSR count). The molecule has 0 saturated carbocycles. The zero-order valence-corrected chi connectivity index (χ0v) is 41.8. The molecule has 0 aliphatic carbocycles. The van der Waals surface area contributed by atoms with Gasteiger partial charge in [-0.2, -0.15) is 62.4 Å². The number of aliphatic carboxylic acids is 1. The number of aliphatic hydroxyl groups is 2. The van der Waals surface area contributed by atoms with Crippen LogP contribution in [-0.4, -0.2) is 140 Å². The fourth-order valence-electron chi connectivity index (χ4n) is 7.10. The minimum absolute atomic E-state index is 0.236. The van der Waals surface area contributed by atoms with Crippen molar-refractivity contribution in [2.24, 2.45) is 35.8 Å². The number of aliphatic hydroxyl groups excluding tert-OH is 2. The smallest absolute Gasteiger partial charge is 0.355 e. The van der Waals surface area contributed by atoms with Gasteiger partial charge in [0.1, 0.15) is 67.9 Å². The van der Waals surface area contributed by atoms with Crippen molar-refractivity contribution in [3.63, 3.8) is 0 Å². The van der Waals surface area contributed by atoms with Crippen molar-refractivity contribution >= 4 is 124 Å². The number of hydrogen-bond acceptors (Lipinski definition) is 25. The van der Waals surface area contributed by atoms with Gasteiger partial charge in [0, 0.05) is 34.4 Å². The van der Waals surface area contributed by atoms with Crippen LogP contribution in [0.15, 0.2) is 139 Å². The number of carboxylic acids is 1. The van der Waals surface area contributed by atoms with Crippen LogP contribution in [-0.2, 0) is 60.2 Å². The summed E-state index contributed by atoms with van der Waals surface area (Å²) in [7, 11) is -26.1. The van der Waals surface area contributed by atoms with E-state index in [1.165, 1.54) is 0 Å². The van der Waals surface area contributed by atoms with E-state index in [0.29, 0.717) is 23.2 Å². The van der Waals surface area contributed by atoms with Gasteiger partial charge in [-0.1, -0.05) is 0 Å². The van der Waals surface area contributed by atoms with Gasteiger partial charge in [0.25, 0.3) is 56.5 Å². The second-order valence-electron chi connectivity index (χ2n) is 15.3. The Balaban J connectivity index is 1.33. The zero-order valence-electron chi connectivity index (χ0n) is 37.7. The quantitative estimate of drug-likeness (QED) is 0.0402. The Kier molecular flexibility index (Phi) is 15.6. The van der Waals surface area contributed by atoms with Crippen LogP contribution >= 0.6 is 0 Å². The standard InChI is InChI=1S/C40H32N8O24S5/c49-9-11-71-29-17-27(30(72-12-10-50)16-26(29)43-41-24-7-8-31(75(62,63)64)23-13-20(74(59,60)61)14-28(51)33(23)24)44-45-34-32(76(65,66)67)15-22-21(37(34)52)5-6-25(38(22)77(68,69)70)42-46-35-36(40(54)55)47-48(39(35)53)18-1-3-19(4-2-18)73(56,57)58/h1-8,13-17,35,49-52H,9-12H2,(H,54,55)(H,56,57,58)(H,59,60,61)(H,62,63,64)(H,65,66,67)(H,68,69,70). The molecule has 6 aromatic rings. The van der Waals surface area contributed by atoms with Crippen molar-refractivity contribution < 1.29 is 109 Å². The van der Waals surface area contributed by atoms with Crippen LogP contribution in [0.3, 0.4) is 0 Å². The molecular weight excluding hydrogens is 1140 g/mol. The first-order chi connectivity index (χ1) is 35.8. The molecule has 10 N–H and O–H groups in total. The van der Waals surface area contributed by atoms with Crippen LogP contribution in [0.5, 0.6) is 23.0 Å². The highest BCUT2D eigenvalue weighted by molar-refractivity contribution is 7.87. The van der Waals surface area contributed by atoms with Gasteiger partial charge in [-0.25, -0.2) is 4.79 Å². The molecule has 0 bridgehead atoms. The van der Waals surface area contributed by atoms with Crippen LogP contribution in [0.4, 0.5) is 34.1 Å². The molecule has 1 heterocycles. The largest absolute Gasteiger partial charge is 0.507 e. The number of benzene rings is 6. The number of aromatic hydroxyl groups is 2. The van der Waals surface area contributed by atoms with Gasteiger partial charge in [-0.3, -0.25) is 27.6 Å². The van der Waals surface area contributed by atoms with E-state index in [0.717, 1.165) is 60.7 Å². The van der Waals surface area contributed by atoms with Crippen LogP contribution in [0, 0.1) is 0 Å². The summed E-state index contributed by atoms with van der Waals surface area (Å²) in [6.45, 7) is -2.31.